The van der Waals surface area contributed by atoms with Crippen LogP contribution in [0.1, 0.15) is 17.3 Å². The fraction of sp³-hybridized carbons (Fsp3) is 0.500. The summed E-state index contributed by atoms with van der Waals surface area (Å²) in [5, 5.41) is 12.7. The van der Waals surface area contributed by atoms with Crippen LogP contribution in [0.2, 0.25) is 0 Å². The molecule has 0 aliphatic heterocycles. The molecular weight excluding hydrogens is 274 g/mol. The van der Waals surface area contributed by atoms with Crippen molar-refractivity contribution in [3.05, 3.63) is 23.8 Å². The number of carbonyl (C=O) groups excluding carboxylic acids is 1. The molecule has 0 aliphatic rings. The van der Waals surface area contributed by atoms with Gasteiger partial charge in [-0.15, -0.1) is 0 Å². The van der Waals surface area contributed by atoms with E-state index in [0.717, 1.165) is 0 Å². The number of anilines is 2. The predicted molar refractivity (Wildman–Crippen MR) is 86.3 cm³/mol. The SMILES string of the molecule is CSC(CO)C(C)Nc1cc(N)ccc1C(=O)N(C)C. The van der Waals surface area contributed by atoms with Crippen molar-refractivity contribution in [3.8, 4) is 0 Å². The number of nitrogens with zero attached hydrogens (tertiary/aromatic N) is 1. The molecule has 1 rings (SSSR count). The molecule has 0 heterocycles. The van der Waals surface area contributed by atoms with Crippen molar-refractivity contribution in [2.45, 2.75) is 18.2 Å². The average Bonchev–Trinajstić information content (AvgIpc) is 2.39. The lowest BCUT2D eigenvalue weighted by atomic mass is 10.1. The molecule has 2 atom stereocenters. The number of nitrogens with one attached hydrogen (secondary N) is 1. The summed E-state index contributed by atoms with van der Waals surface area (Å²) in [5.41, 5.74) is 7.67. The van der Waals surface area contributed by atoms with Crippen LogP contribution in [0, 0.1) is 0 Å². The fourth-order valence-corrected chi connectivity index (χ4v) is 2.51. The number of rotatable bonds is 6. The van der Waals surface area contributed by atoms with Crippen LogP contribution in [-0.4, -0.2) is 54.2 Å². The molecule has 112 valence electrons. The van der Waals surface area contributed by atoms with Crippen molar-refractivity contribution < 1.29 is 9.90 Å². The van der Waals surface area contributed by atoms with Gasteiger partial charge >= 0.3 is 0 Å². The monoisotopic (exact) mass is 297 g/mol. The summed E-state index contributed by atoms with van der Waals surface area (Å²) in [7, 11) is 3.43. The first-order valence-corrected chi connectivity index (χ1v) is 7.70. The Hall–Kier alpha value is -1.40. The van der Waals surface area contributed by atoms with Crippen molar-refractivity contribution in [3.63, 3.8) is 0 Å². The first kappa shape index (κ1) is 16.7. The highest BCUT2D eigenvalue weighted by atomic mass is 32.2. The fourth-order valence-electron chi connectivity index (χ4n) is 1.88. The summed E-state index contributed by atoms with van der Waals surface area (Å²) in [5.74, 6) is -0.0793. The molecule has 4 N–H and O–H groups in total. The summed E-state index contributed by atoms with van der Waals surface area (Å²) >= 11 is 1.58. The number of thioether (sulfide) groups is 1. The van der Waals surface area contributed by atoms with E-state index in [1.807, 2.05) is 13.2 Å². The van der Waals surface area contributed by atoms with Gasteiger partial charge in [0, 0.05) is 36.8 Å². The Bertz CT molecular complexity index is 462. The quantitative estimate of drug-likeness (QED) is 0.694. The normalized spacial score (nSPS) is 13.7. The zero-order valence-electron chi connectivity index (χ0n) is 12.4. The minimum Gasteiger partial charge on any atom is -0.399 e. The molecule has 0 aromatic heterocycles. The van der Waals surface area contributed by atoms with Gasteiger partial charge in [-0.2, -0.15) is 11.8 Å². The summed E-state index contributed by atoms with van der Waals surface area (Å²) in [6, 6.07) is 5.21. The van der Waals surface area contributed by atoms with Crippen molar-refractivity contribution >= 4 is 29.0 Å². The van der Waals surface area contributed by atoms with E-state index < -0.39 is 0 Å². The topological polar surface area (TPSA) is 78.6 Å². The third kappa shape index (κ3) is 4.05. The molecular formula is C14H23N3O2S. The zero-order chi connectivity index (χ0) is 15.3. The van der Waals surface area contributed by atoms with E-state index in [1.165, 1.54) is 4.90 Å². The lowest BCUT2D eigenvalue weighted by molar-refractivity contribution is 0.0828. The van der Waals surface area contributed by atoms with E-state index >= 15 is 0 Å². The smallest absolute Gasteiger partial charge is 0.255 e. The van der Waals surface area contributed by atoms with Crippen LogP contribution in [-0.2, 0) is 0 Å². The number of hydrogen-bond donors (Lipinski definition) is 3. The molecule has 0 saturated heterocycles. The van der Waals surface area contributed by atoms with Crippen LogP contribution in [0.25, 0.3) is 0 Å². The van der Waals surface area contributed by atoms with Crippen molar-refractivity contribution in [1.29, 1.82) is 0 Å². The number of nitrogen functional groups attached to an aromatic ring is 1. The van der Waals surface area contributed by atoms with Gasteiger partial charge < -0.3 is 21.1 Å². The second-order valence-corrected chi connectivity index (χ2v) is 5.97. The van der Waals surface area contributed by atoms with Crippen molar-refractivity contribution in [1.82, 2.24) is 4.90 Å². The first-order chi connectivity index (χ1) is 9.40. The third-order valence-corrected chi connectivity index (χ3v) is 4.27. The van der Waals surface area contributed by atoms with E-state index in [9.17, 15) is 9.90 Å². The molecule has 0 spiro atoms. The summed E-state index contributed by atoms with van der Waals surface area (Å²) in [6.07, 6.45) is 1.95. The summed E-state index contributed by atoms with van der Waals surface area (Å²) in [6.45, 7) is 2.05. The van der Waals surface area contributed by atoms with E-state index in [2.05, 4.69) is 5.32 Å². The maximum Gasteiger partial charge on any atom is 0.255 e. The Morgan fingerprint density at radius 1 is 1.50 bits per heavy atom. The maximum absolute atomic E-state index is 12.2. The Labute approximate surface area is 124 Å². The van der Waals surface area contributed by atoms with Gasteiger partial charge in [-0.3, -0.25) is 4.79 Å². The molecule has 0 fully saturated rings. The minimum atomic E-state index is -0.0793. The largest absolute Gasteiger partial charge is 0.399 e. The number of nitrogens with two attached hydrogens (primary N) is 1. The highest BCUT2D eigenvalue weighted by Crippen LogP contribution is 2.23. The van der Waals surface area contributed by atoms with Crippen LogP contribution in [0.15, 0.2) is 18.2 Å². The van der Waals surface area contributed by atoms with Gasteiger partial charge in [0.1, 0.15) is 0 Å². The second-order valence-electron chi connectivity index (χ2n) is 4.89. The van der Waals surface area contributed by atoms with E-state index in [0.29, 0.717) is 16.9 Å². The van der Waals surface area contributed by atoms with Gasteiger partial charge in [-0.1, -0.05) is 0 Å². The number of amides is 1. The molecule has 2 unspecified atom stereocenters. The molecule has 20 heavy (non-hydrogen) atoms. The van der Waals surface area contributed by atoms with Gasteiger partial charge in [0.05, 0.1) is 12.2 Å². The Morgan fingerprint density at radius 3 is 2.65 bits per heavy atom. The van der Waals surface area contributed by atoms with E-state index in [1.54, 1.807) is 44.1 Å². The maximum atomic E-state index is 12.2. The van der Waals surface area contributed by atoms with Gasteiger partial charge in [-0.25, -0.2) is 0 Å². The van der Waals surface area contributed by atoms with Crippen molar-refractivity contribution in [2.24, 2.45) is 0 Å². The second kappa shape index (κ2) is 7.40. The third-order valence-electron chi connectivity index (χ3n) is 3.10. The molecule has 1 amide bonds. The molecule has 5 nitrogen and oxygen atoms in total. The highest BCUT2D eigenvalue weighted by Gasteiger charge is 2.19. The number of benzene rings is 1. The molecule has 0 saturated carbocycles. The predicted octanol–water partition coefficient (Wildman–Crippen LogP) is 1.49. The van der Waals surface area contributed by atoms with Gasteiger partial charge in [0.15, 0.2) is 0 Å². The number of aliphatic hydroxyl groups is 1. The summed E-state index contributed by atoms with van der Waals surface area (Å²) < 4.78 is 0. The molecule has 6 heteroatoms. The first-order valence-electron chi connectivity index (χ1n) is 6.42. The standard InChI is InChI=1S/C14H23N3O2S/c1-9(13(8-18)20-4)16-12-7-10(15)5-6-11(12)14(19)17(2)3/h5-7,9,13,16,18H,8,15H2,1-4H3. The Morgan fingerprint density at radius 2 is 2.15 bits per heavy atom. The van der Waals surface area contributed by atoms with E-state index in [-0.39, 0.29) is 23.8 Å². The minimum absolute atomic E-state index is 0.0190. The van der Waals surface area contributed by atoms with Crippen LogP contribution < -0.4 is 11.1 Å². The highest BCUT2D eigenvalue weighted by molar-refractivity contribution is 7.99. The average molecular weight is 297 g/mol. The van der Waals surface area contributed by atoms with Gasteiger partial charge in [-0.05, 0) is 31.4 Å². The van der Waals surface area contributed by atoms with Crippen LogP contribution >= 0.6 is 11.8 Å². The van der Waals surface area contributed by atoms with Crippen molar-refractivity contribution in [2.75, 3.05) is 38.0 Å². The molecule has 0 bridgehead atoms. The summed E-state index contributed by atoms with van der Waals surface area (Å²) in [4.78, 5) is 13.7. The van der Waals surface area contributed by atoms with Gasteiger partial charge in [0.25, 0.3) is 5.91 Å². The van der Waals surface area contributed by atoms with E-state index in [4.69, 9.17) is 5.73 Å². The molecule has 1 aromatic rings. The number of carbonyl (C=O) groups is 1. The molecule has 0 radical (unpaired) electrons. The van der Waals surface area contributed by atoms with Crippen LogP contribution in [0.5, 0.6) is 0 Å². The van der Waals surface area contributed by atoms with Gasteiger partial charge in [0.2, 0.25) is 0 Å². The molecule has 0 aliphatic carbocycles. The van der Waals surface area contributed by atoms with Crippen LogP contribution in [0.4, 0.5) is 11.4 Å². The lowest BCUT2D eigenvalue weighted by Gasteiger charge is -2.24. The molecule has 1 aromatic carbocycles. The Kier molecular flexibility index (Phi) is 6.16. The number of aliphatic hydroxyl groups excluding tert-OH is 1. The lowest BCUT2D eigenvalue weighted by Crippen LogP contribution is -2.32. The zero-order valence-corrected chi connectivity index (χ0v) is 13.2. The van der Waals surface area contributed by atoms with Crippen LogP contribution in [0.3, 0.4) is 0 Å². The Balaban J connectivity index is 3.04. The number of hydrogen-bond acceptors (Lipinski definition) is 5.